The minimum atomic E-state index is -0.170. The summed E-state index contributed by atoms with van der Waals surface area (Å²) < 4.78 is 22.0. The molecule has 1 heterocycles. The molecule has 0 bridgehead atoms. The first-order chi connectivity index (χ1) is 16.1. The number of halogens is 1. The van der Waals surface area contributed by atoms with Gasteiger partial charge in [-0.1, -0.05) is 47.1 Å². The smallest absolute Gasteiger partial charge is 0.252 e. The number of carbonyl (C=O) groups is 1. The van der Waals surface area contributed by atoms with Gasteiger partial charge in [-0.2, -0.15) is 4.98 Å². The highest BCUT2D eigenvalue weighted by Crippen LogP contribution is 2.31. The van der Waals surface area contributed by atoms with Crippen molar-refractivity contribution in [2.75, 3.05) is 13.7 Å². The van der Waals surface area contributed by atoms with E-state index in [1.54, 1.807) is 42.5 Å². The van der Waals surface area contributed by atoms with Crippen molar-refractivity contribution >= 4 is 17.4 Å². The highest BCUT2D eigenvalue weighted by atomic mass is 35.5. The van der Waals surface area contributed by atoms with Crippen LogP contribution in [0.1, 0.15) is 21.8 Å². The van der Waals surface area contributed by atoms with Gasteiger partial charge in [0.15, 0.2) is 23.9 Å². The number of rotatable bonds is 10. The maximum absolute atomic E-state index is 12.3. The Morgan fingerprint density at radius 1 is 0.970 bits per heavy atom. The lowest BCUT2D eigenvalue weighted by atomic mass is 10.1. The molecule has 0 radical (unpaired) electrons. The summed E-state index contributed by atoms with van der Waals surface area (Å²) in [7, 11) is 1.52. The summed E-state index contributed by atoms with van der Waals surface area (Å²) >= 11 is 5.86. The molecule has 0 saturated heterocycles. The van der Waals surface area contributed by atoms with Crippen molar-refractivity contribution < 1.29 is 23.5 Å². The van der Waals surface area contributed by atoms with Gasteiger partial charge >= 0.3 is 0 Å². The zero-order chi connectivity index (χ0) is 23.0. The first-order valence-corrected chi connectivity index (χ1v) is 10.5. The van der Waals surface area contributed by atoms with Gasteiger partial charge in [-0.05, 0) is 48.0 Å². The highest BCUT2D eigenvalue weighted by molar-refractivity contribution is 6.30. The van der Waals surface area contributed by atoms with Crippen molar-refractivity contribution in [1.82, 2.24) is 10.1 Å². The number of ketones is 1. The van der Waals surface area contributed by atoms with Crippen LogP contribution in [0.3, 0.4) is 0 Å². The third-order valence-corrected chi connectivity index (χ3v) is 5.00. The molecule has 0 aliphatic rings. The second-order valence-corrected chi connectivity index (χ2v) is 7.51. The van der Waals surface area contributed by atoms with Crippen LogP contribution < -0.4 is 9.47 Å². The molecule has 8 heteroatoms. The van der Waals surface area contributed by atoms with Crippen LogP contribution in [-0.4, -0.2) is 29.6 Å². The minimum Gasteiger partial charge on any atom is -0.493 e. The Labute approximate surface area is 195 Å². The normalized spacial score (nSPS) is 10.7. The van der Waals surface area contributed by atoms with Crippen LogP contribution in [-0.2, 0) is 18.0 Å². The van der Waals surface area contributed by atoms with Gasteiger partial charge in [0.05, 0.1) is 13.7 Å². The van der Waals surface area contributed by atoms with Crippen LogP contribution in [0.25, 0.3) is 11.4 Å². The molecule has 3 aromatic carbocycles. The van der Waals surface area contributed by atoms with Gasteiger partial charge in [0.25, 0.3) is 5.89 Å². The molecule has 1 aromatic heterocycles. The van der Waals surface area contributed by atoms with E-state index in [0.29, 0.717) is 46.0 Å². The molecule has 4 aromatic rings. The first-order valence-electron chi connectivity index (χ1n) is 10.2. The predicted octanol–water partition coefficient (Wildman–Crippen LogP) is 5.38. The van der Waals surface area contributed by atoms with Crippen molar-refractivity contribution in [3.8, 4) is 22.9 Å². The molecule has 7 nitrogen and oxygen atoms in total. The van der Waals surface area contributed by atoms with E-state index in [4.69, 9.17) is 30.3 Å². The van der Waals surface area contributed by atoms with E-state index >= 15 is 0 Å². The summed E-state index contributed by atoms with van der Waals surface area (Å²) in [4.78, 5) is 16.7. The molecule has 168 valence electrons. The fourth-order valence-corrected chi connectivity index (χ4v) is 3.18. The summed E-state index contributed by atoms with van der Waals surface area (Å²) in [6.07, 6.45) is 0. The number of nitrogens with zero attached hydrogens (tertiary/aromatic N) is 2. The SMILES string of the molecule is COc1cc(-c2noc(COCc3ccccc3)n2)ccc1OCC(=O)c1ccc(Cl)cc1. The molecule has 0 unspecified atom stereocenters. The lowest BCUT2D eigenvalue weighted by Crippen LogP contribution is -2.12. The molecule has 0 fully saturated rings. The number of carbonyl (C=O) groups excluding carboxylic acids is 1. The Balaban J connectivity index is 1.37. The zero-order valence-electron chi connectivity index (χ0n) is 17.9. The Kier molecular flexibility index (Phi) is 7.34. The molecule has 33 heavy (non-hydrogen) atoms. The maximum atomic E-state index is 12.3. The molecule has 0 amide bonds. The molecule has 0 aliphatic carbocycles. The highest BCUT2D eigenvalue weighted by Gasteiger charge is 2.14. The summed E-state index contributed by atoms with van der Waals surface area (Å²) in [5.74, 6) is 1.47. The van der Waals surface area contributed by atoms with E-state index in [-0.39, 0.29) is 19.0 Å². The first kappa shape index (κ1) is 22.5. The van der Waals surface area contributed by atoms with Crippen LogP contribution in [0.4, 0.5) is 0 Å². The van der Waals surface area contributed by atoms with E-state index in [0.717, 1.165) is 5.56 Å². The number of ether oxygens (including phenoxy) is 3. The molecular weight excluding hydrogens is 444 g/mol. The fraction of sp³-hybridized carbons (Fsp3) is 0.160. The van der Waals surface area contributed by atoms with Crippen LogP contribution >= 0.6 is 11.6 Å². The van der Waals surface area contributed by atoms with Crippen molar-refractivity contribution in [3.63, 3.8) is 0 Å². The summed E-state index contributed by atoms with van der Waals surface area (Å²) in [6, 6.07) is 21.7. The summed E-state index contributed by atoms with van der Waals surface area (Å²) in [5.41, 5.74) is 2.26. The van der Waals surface area contributed by atoms with E-state index in [1.807, 2.05) is 30.3 Å². The third-order valence-electron chi connectivity index (χ3n) is 4.75. The zero-order valence-corrected chi connectivity index (χ0v) is 18.6. The number of hydrogen-bond donors (Lipinski definition) is 0. The topological polar surface area (TPSA) is 83.7 Å². The van der Waals surface area contributed by atoms with E-state index in [2.05, 4.69) is 10.1 Å². The lowest BCUT2D eigenvalue weighted by molar-refractivity contribution is 0.0850. The molecule has 4 rings (SSSR count). The quantitative estimate of drug-likeness (QED) is 0.291. The fourth-order valence-electron chi connectivity index (χ4n) is 3.05. The van der Waals surface area contributed by atoms with E-state index in [1.165, 1.54) is 7.11 Å². The van der Waals surface area contributed by atoms with Gasteiger partial charge < -0.3 is 18.7 Å². The molecule has 0 saturated carbocycles. The number of methoxy groups -OCH3 is 1. The van der Waals surface area contributed by atoms with E-state index in [9.17, 15) is 4.79 Å². The van der Waals surface area contributed by atoms with Crippen LogP contribution in [0, 0.1) is 0 Å². The Hall–Kier alpha value is -3.68. The van der Waals surface area contributed by atoms with Crippen molar-refractivity contribution in [2.45, 2.75) is 13.2 Å². The largest absolute Gasteiger partial charge is 0.493 e. The molecular formula is C25H21ClN2O5. The van der Waals surface area contributed by atoms with Gasteiger partial charge in [0.1, 0.15) is 6.61 Å². The second kappa shape index (κ2) is 10.8. The van der Waals surface area contributed by atoms with Crippen LogP contribution in [0.15, 0.2) is 77.3 Å². The van der Waals surface area contributed by atoms with Gasteiger partial charge in [0, 0.05) is 16.1 Å². The van der Waals surface area contributed by atoms with Crippen molar-refractivity contribution in [1.29, 1.82) is 0 Å². The van der Waals surface area contributed by atoms with E-state index < -0.39 is 0 Å². The number of aromatic nitrogens is 2. The average molecular weight is 465 g/mol. The van der Waals surface area contributed by atoms with Gasteiger partial charge in [-0.3, -0.25) is 4.79 Å². The van der Waals surface area contributed by atoms with Gasteiger partial charge in [0.2, 0.25) is 5.82 Å². The number of benzene rings is 3. The number of Topliss-reactive ketones (excluding diaryl/α,β-unsaturated/α-hetero) is 1. The van der Waals surface area contributed by atoms with Crippen molar-refractivity contribution in [3.05, 3.63) is 94.8 Å². The Morgan fingerprint density at radius 3 is 2.52 bits per heavy atom. The Bertz CT molecular complexity index is 1210. The predicted molar refractivity (Wildman–Crippen MR) is 122 cm³/mol. The minimum absolute atomic E-state index is 0.136. The van der Waals surface area contributed by atoms with Gasteiger partial charge in [-0.25, -0.2) is 0 Å². The molecule has 0 N–H and O–H groups in total. The molecule has 0 atom stereocenters. The maximum Gasteiger partial charge on any atom is 0.252 e. The number of hydrogen-bond acceptors (Lipinski definition) is 7. The second-order valence-electron chi connectivity index (χ2n) is 7.07. The Morgan fingerprint density at radius 2 is 1.76 bits per heavy atom. The van der Waals surface area contributed by atoms with Crippen LogP contribution in [0.5, 0.6) is 11.5 Å². The third kappa shape index (κ3) is 5.97. The lowest BCUT2D eigenvalue weighted by Gasteiger charge is -2.11. The molecule has 0 aliphatic heterocycles. The van der Waals surface area contributed by atoms with Crippen LogP contribution in [0.2, 0.25) is 5.02 Å². The summed E-state index contributed by atoms with van der Waals surface area (Å²) in [6.45, 7) is 0.517. The molecule has 0 spiro atoms. The monoisotopic (exact) mass is 464 g/mol. The standard InChI is InChI=1S/C25H21ClN2O5/c1-30-23-13-19(9-12-22(23)32-15-21(29)18-7-10-20(26)11-8-18)25-27-24(33-28-25)16-31-14-17-5-3-2-4-6-17/h2-13H,14-16H2,1H3. The van der Waals surface area contributed by atoms with Crippen molar-refractivity contribution in [2.24, 2.45) is 0 Å². The van der Waals surface area contributed by atoms with Gasteiger partial charge in [-0.15, -0.1) is 0 Å². The summed E-state index contributed by atoms with van der Waals surface area (Å²) in [5, 5.41) is 4.58. The average Bonchev–Trinajstić information content (AvgIpc) is 3.32.